The predicted octanol–water partition coefficient (Wildman–Crippen LogP) is 1.07. The normalized spacial score (nSPS) is 19.7. The Hall–Kier alpha value is -2.75. The van der Waals surface area contributed by atoms with Crippen LogP contribution in [0, 0.1) is 5.92 Å². The summed E-state index contributed by atoms with van der Waals surface area (Å²) in [5, 5.41) is 5.91. The lowest BCUT2D eigenvalue weighted by Crippen LogP contribution is -2.41. The van der Waals surface area contributed by atoms with Crippen molar-refractivity contribution in [1.82, 2.24) is 24.7 Å². The van der Waals surface area contributed by atoms with Crippen LogP contribution in [-0.2, 0) is 11.3 Å². The highest BCUT2D eigenvalue weighted by molar-refractivity contribution is 5.89. The van der Waals surface area contributed by atoms with Crippen molar-refractivity contribution in [3.05, 3.63) is 58.8 Å². The Balaban J connectivity index is 1.18. The molecule has 2 amide bonds. The average molecular weight is 441 g/mol. The number of ether oxygens (including phenoxy) is 1. The number of urea groups is 1. The topological polar surface area (TPSA) is 91.7 Å². The first-order valence-corrected chi connectivity index (χ1v) is 11.3. The van der Waals surface area contributed by atoms with Gasteiger partial charge in [-0.25, -0.2) is 14.6 Å². The van der Waals surface area contributed by atoms with Crippen molar-refractivity contribution in [3.8, 4) is 0 Å². The van der Waals surface area contributed by atoms with Crippen molar-refractivity contribution in [1.29, 1.82) is 0 Å². The fourth-order valence-corrected chi connectivity index (χ4v) is 4.25. The van der Waals surface area contributed by atoms with Gasteiger partial charge in [-0.05, 0) is 42.6 Å². The summed E-state index contributed by atoms with van der Waals surface area (Å²) >= 11 is 0. The minimum Gasteiger partial charge on any atom is -0.379 e. The van der Waals surface area contributed by atoms with Crippen LogP contribution in [0.15, 0.2) is 47.5 Å². The third kappa shape index (κ3) is 6.62. The average Bonchev–Trinajstić information content (AvgIpc) is 3.27. The van der Waals surface area contributed by atoms with E-state index < -0.39 is 0 Å². The first kappa shape index (κ1) is 22.4. The second-order valence-corrected chi connectivity index (χ2v) is 8.47. The Bertz CT molecular complexity index is 943. The highest BCUT2D eigenvalue weighted by Crippen LogP contribution is 2.16. The SMILES string of the molecule is O=C(NCC1CCN(CCN2CCOCC2)C1)Nc1cccc(Cn2cccnc2=O)c1. The van der Waals surface area contributed by atoms with Gasteiger partial charge < -0.3 is 20.3 Å². The quantitative estimate of drug-likeness (QED) is 0.638. The lowest BCUT2D eigenvalue weighted by molar-refractivity contribution is 0.0343. The maximum absolute atomic E-state index is 12.4. The molecule has 2 N–H and O–H groups in total. The van der Waals surface area contributed by atoms with E-state index in [-0.39, 0.29) is 11.7 Å². The molecule has 1 atom stereocenters. The minimum absolute atomic E-state index is 0.201. The van der Waals surface area contributed by atoms with Gasteiger partial charge in [0.2, 0.25) is 0 Å². The van der Waals surface area contributed by atoms with Gasteiger partial charge in [0, 0.05) is 57.3 Å². The molecule has 0 radical (unpaired) electrons. The highest BCUT2D eigenvalue weighted by Gasteiger charge is 2.23. The summed E-state index contributed by atoms with van der Waals surface area (Å²) < 4.78 is 6.94. The largest absolute Gasteiger partial charge is 0.379 e. The van der Waals surface area contributed by atoms with Crippen molar-refractivity contribution in [3.63, 3.8) is 0 Å². The molecule has 2 aliphatic heterocycles. The van der Waals surface area contributed by atoms with Crippen LogP contribution in [0.3, 0.4) is 0 Å². The number of morpholine rings is 1. The molecule has 2 aliphatic rings. The third-order valence-electron chi connectivity index (χ3n) is 6.08. The van der Waals surface area contributed by atoms with E-state index in [2.05, 4.69) is 25.4 Å². The lowest BCUT2D eigenvalue weighted by atomic mass is 10.1. The number of nitrogens with one attached hydrogen (secondary N) is 2. The molecule has 0 bridgehead atoms. The Morgan fingerprint density at radius 3 is 2.81 bits per heavy atom. The van der Waals surface area contributed by atoms with Crippen LogP contribution < -0.4 is 16.3 Å². The van der Waals surface area contributed by atoms with Gasteiger partial charge in [0.25, 0.3) is 0 Å². The van der Waals surface area contributed by atoms with E-state index in [0.29, 0.717) is 24.7 Å². The minimum atomic E-state index is -0.292. The fraction of sp³-hybridized carbons (Fsp3) is 0.522. The molecule has 1 unspecified atom stereocenters. The Labute approximate surface area is 188 Å². The van der Waals surface area contributed by atoms with Gasteiger partial charge in [0.15, 0.2) is 0 Å². The molecule has 9 heteroatoms. The van der Waals surface area contributed by atoms with Crippen LogP contribution in [0.4, 0.5) is 10.5 Å². The van der Waals surface area contributed by atoms with Crippen molar-refractivity contribution in [2.24, 2.45) is 5.92 Å². The second kappa shape index (κ2) is 11.2. The molecule has 2 aromatic rings. The Morgan fingerprint density at radius 1 is 1.12 bits per heavy atom. The van der Waals surface area contributed by atoms with Crippen LogP contribution in [0.5, 0.6) is 0 Å². The van der Waals surface area contributed by atoms with Gasteiger partial charge in [-0.3, -0.25) is 9.47 Å². The van der Waals surface area contributed by atoms with Crippen molar-refractivity contribution in [2.75, 3.05) is 64.3 Å². The van der Waals surface area contributed by atoms with Gasteiger partial charge >= 0.3 is 11.7 Å². The maximum Gasteiger partial charge on any atom is 0.347 e. The number of carbonyl (C=O) groups is 1. The molecule has 2 fully saturated rings. The van der Waals surface area contributed by atoms with E-state index in [4.69, 9.17) is 4.74 Å². The smallest absolute Gasteiger partial charge is 0.347 e. The molecular weight excluding hydrogens is 408 g/mol. The van der Waals surface area contributed by atoms with Crippen LogP contribution in [0.25, 0.3) is 0 Å². The molecule has 0 spiro atoms. The maximum atomic E-state index is 12.4. The van der Waals surface area contributed by atoms with Crippen LogP contribution in [0.1, 0.15) is 12.0 Å². The molecule has 0 saturated carbocycles. The summed E-state index contributed by atoms with van der Waals surface area (Å²) in [5.41, 5.74) is 1.33. The van der Waals surface area contributed by atoms with Gasteiger partial charge in [0.05, 0.1) is 19.8 Å². The fourth-order valence-electron chi connectivity index (χ4n) is 4.25. The Morgan fingerprint density at radius 2 is 1.97 bits per heavy atom. The van der Waals surface area contributed by atoms with Gasteiger partial charge in [0.1, 0.15) is 0 Å². The second-order valence-electron chi connectivity index (χ2n) is 8.47. The molecule has 1 aromatic carbocycles. The number of rotatable bonds is 8. The Kier molecular flexibility index (Phi) is 7.87. The molecule has 1 aromatic heterocycles. The van der Waals surface area contributed by atoms with E-state index in [9.17, 15) is 9.59 Å². The van der Waals surface area contributed by atoms with Crippen LogP contribution in [0.2, 0.25) is 0 Å². The standard InChI is InChI=1S/C23H32N6O3/c30-22(25-16-20-5-8-28(17-20)10-9-27-11-13-32-14-12-27)26-21-4-1-3-19(15-21)18-29-7-2-6-24-23(29)31/h1-4,6-7,15,20H,5,8-14,16-18H2,(H2,25,26,30). The zero-order valence-electron chi connectivity index (χ0n) is 18.4. The number of likely N-dealkylation sites (tertiary alicyclic amines) is 1. The summed E-state index contributed by atoms with van der Waals surface area (Å²) in [6.07, 6.45) is 4.29. The first-order chi connectivity index (χ1) is 15.7. The summed E-state index contributed by atoms with van der Waals surface area (Å²) in [5.74, 6) is 0.481. The number of anilines is 1. The zero-order chi connectivity index (χ0) is 22.2. The van der Waals surface area contributed by atoms with Crippen molar-refractivity contribution < 1.29 is 9.53 Å². The molecule has 4 rings (SSSR count). The number of hydrogen-bond donors (Lipinski definition) is 2. The number of aromatic nitrogens is 2. The monoisotopic (exact) mass is 440 g/mol. The summed E-state index contributed by atoms with van der Waals surface area (Å²) in [7, 11) is 0. The van der Waals surface area contributed by atoms with Crippen molar-refractivity contribution in [2.45, 2.75) is 13.0 Å². The summed E-state index contributed by atoms with van der Waals surface area (Å²) in [6, 6.07) is 9.04. The number of carbonyl (C=O) groups excluding carboxylic acids is 1. The molecule has 32 heavy (non-hydrogen) atoms. The van der Waals surface area contributed by atoms with E-state index >= 15 is 0 Å². The number of nitrogens with zero attached hydrogens (tertiary/aromatic N) is 4. The van der Waals surface area contributed by atoms with E-state index in [1.54, 1.807) is 12.3 Å². The summed E-state index contributed by atoms with van der Waals surface area (Å²) in [6.45, 7) is 9.10. The highest BCUT2D eigenvalue weighted by atomic mass is 16.5. The molecule has 2 saturated heterocycles. The number of benzene rings is 1. The molecular formula is C23H32N6O3. The van der Waals surface area contributed by atoms with Crippen LogP contribution >= 0.6 is 0 Å². The number of hydrogen-bond acceptors (Lipinski definition) is 6. The molecule has 0 aliphatic carbocycles. The lowest BCUT2D eigenvalue weighted by Gasteiger charge is -2.28. The van der Waals surface area contributed by atoms with Gasteiger partial charge in [-0.15, -0.1) is 0 Å². The van der Waals surface area contributed by atoms with E-state index in [1.165, 1.54) is 10.8 Å². The molecule has 9 nitrogen and oxygen atoms in total. The van der Waals surface area contributed by atoms with Crippen LogP contribution in [-0.4, -0.2) is 84.4 Å². The number of amides is 2. The third-order valence-corrected chi connectivity index (χ3v) is 6.08. The zero-order valence-corrected chi connectivity index (χ0v) is 18.4. The van der Waals surface area contributed by atoms with E-state index in [1.807, 2.05) is 24.3 Å². The van der Waals surface area contributed by atoms with Gasteiger partial charge in [-0.2, -0.15) is 0 Å². The summed E-state index contributed by atoms with van der Waals surface area (Å²) in [4.78, 5) is 32.9. The van der Waals surface area contributed by atoms with Crippen molar-refractivity contribution >= 4 is 11.7 Å². The molecule has 3 heterocycles. The first-order valence-electron chi connectivity index (χ1n) is 11.3. The predicted molar refractivity (Wildman–Crippen MR) is 123 cm³/mol. The van der Waals surface area contributed by atoms with Gasteiger partial charge in [-0.1, -0.05) is 12.1 Å². The van der Waals surface area contributed by atoms with E-state index in [0.717, 1.165) is 64.5 Å². The molecule has 172 valence electrons.